The summed E-state index contributed by atoms with van der Waals surface area (Å²) in [4.78, 5) is 14.6. The van der Waals surface area contributed by atoms with Crippen LogP contribution in [0, 0.1) is 5.92 Å². The Balaban J connectivity index is 1.32. The second kappa shape index (κ2) is 5.71. The van der Waals surface area contributed by atoms with E-state index in [4.69, 9.17) is 4.74 Å². The molecular formula is C16H22N2O2S. The molecule has 21 heavy (non-hydrogen) atoms. The molecule has 1 aromatic rings. The molecule has 5 heteroatoms. The summed E-state index contributed by atoms with van der Waals surface area (Å²) in [5.74, 6) is 0.690. The van der Waals surface area contributed by atoms with Crippen LogP contribution in [0.15, 0.2) is 16.8 Å². The molecule has 0 unspecified atom stereocenters. The molecule has 1 N–H and O–H groups in total. The standard InChI is InChI=1S/C16H22N2O2S/c19-16(17-13-1-2-13)14-7-12-3-5-18(9-15(12)20-14)8-11-4-6-21-10-11/h4,6,10,12-15H,1-3,5,7-9H2,(H,17,19)/t12-,14-,15+/m0/s1. The molecule has 2 saturated heterocycles. The quantitative estimate of drug-likeness (QED) is 0.925. The van der Waals surface area contributed by atoms with Gasteiger partial charge in [0.25, 0.3) is 0 Å². The third-order valence-corrected chi connectivity index (χ3v) is 5.57. The topological polar surface area (TPSA) is 41.6 Å². The van der Waals surface area contributed by atoms with Crippen molar-refractivity contribution in [2.45, 2.75) is 50.5 Å². The van der Waals surface area contributed by atoms with Crippen molar-refractivity contribution >= 4 is 17.2 Å². The first-order chi connectivity index (χ1) is 10.3. The van der Waals surface area contributed by atoms with E-state index >= 15 is 0 Å². The van der Waals surface area contributed by atoms with E-state index in [1.165, 1.54) is 5.56 Å². The number of rotatable bonds is 4. The van der Waals surface area contributed by atoms with Gasteiger partial charge >= 0.3 is 0 Å². The first-order valence-electron chi connectivity index (χ1n) is 7.97. The molecule has 0 spiro atoms. The van der Waals surface area contributed by atoms with Crippen molar-refractivity contribution in [1.82, 2.24) is 10.2 Å². The Hall–Kier alpha value is -0.910. The van der Waals surface area contributed by atoms with Gasteiger partial charge in [0.1, 0.15) is 6.10 Å². The number of ether oxygens (including phenoxy) is 1. The second-order valence-electron chi connectivity index (χ2n) is 6.60. The van der Waals surface area contributed by atoms with Gasteiger partial charge in [0.15, 0.2) is 0 Å². The summed E-state index contributed by atoms with van der Waals surface area (Å²) in [5.41, 5.74) is 1.39. The van der Waals surface area contributed by atoms with Gasteiger partial charge in [0.2, 0.25) is 5.91 Å². The van der Waals surface area contributed by atoms with Crippen LogP contribution in [-0.4, -0.2) is 42.1 Å². The third-order valence-electron chi connectivity index (χ3n) is 4.84. The van der Waals surface area contributed by atoms with Crippen molar-refractivity contribution < 1.29 is 9.53 Å². The fraction of sp³-hybridized carbons (Fsp3) is 0.688. The largest absolute Gasteiger partial charge is 0.364 e. The number of carbonyl (C=O) groups is 1. The normalized spacial score (nSPS) is 32.9. The lowest BCUT2D eigenvalue weighted by atomic mass is 9.91. The molecule has 3 aliphatic rings. The molecule has 0 aromatic carbocycles. The summed E-state index contributed by atoms with van der Waals surface area (Å²) in [7, 11) is 0. The van der Waals surface area contributed by atoms with Crippen molar-refractivity contribution in [3.63, 3.8) is 0 Å². The van der Waals surface area contributed by atoms with E-state index in [2.05, 4.69) is 27.0 Å². The Morgan fingerprint density at radius 1 is 1.43 bits per heavy atom. The summed E-state index contributed by atoms with van der Waals surface area (Å²) in [6.45, 7) is 3.10. The lowest BCUT2D eigenvalue weighted by molar-refractivity contribution is -0.133. The average Bonchev–Trinajstić information content (AvgIpc) is 3.00. The summed E-state index contributed by atoms with van der Waals surface area (Å²) >= 11 is 1.75. The van der Waals surface area contributed by atoms with Gasteiger partial charge in [-0.2, -0.15) is 11.3 Å². The maximum Gasteiger partial charge on any atom is 0.249 e. The summed E-state index contributed by atoms with van der Waals surface area (Å²) in [6.07, 6.45) is 4.38. The Bertz CT molecular complexity index is 500. The molecule has 4 nitrogen and oxygen atoms in total. The van der Waals surface area contributed by atoms with E-state index in [-0.39, 0.29) is 18.1 Å². The predicted octanol–water partition coefficient (Wildman–Crippen LogP) is 2.01. The minimum atomic E-state index is -0.207. The van der Waals surface area contributed by atoms with E-state index in [9.17, 15) is 4.79 Å². The van der Waals surface area contributed by atoms with E-state index < -0.39 is 0 Å². The minimum absolute atomic E-state index is 0.122. The highest BCUT2D eigenvalue weighted by Crippen LogP contribution is 2.34. The summed E-state index contributed by atoms with van der Waals surface area (Å²) in [6, 6.07) is 2.62. The number of piperidine rings is 1. The molecular weight excluding hydrogens is 284 g/mol. The fourth-order valence-corrected chi connectivity index (χ4v) is 4.13. The number of nitrogens with zero attached hydrogens (tertiary/aromatic N) is 1. The van der Waals surface area contributed by atoms with Gasteiger partial charge in [-0.1, -0.05) is 0 Å². The maximum atomic E-state index is 12.1. The van der Waals surface area contributed by atoms with Crippen LogP contribution in [0.25, 0.3) is 0 Å². The molecule has 3 atom stereocenters. The number of hydrogen-bond donors (Lipinski definition) is 1. The molecule has 0 bridgehead atoms. The van der Waals surface area contributed by atoms with Gasteiger partial charge in [-0.3, -0.25) is 9.69 Å². The number of likely N-dealkylation sites (tertiary alicyclic amines) is 1. The Morgan fingerprint density at radius 3 is 3.10 bits per heavy atom. The molecule has 3 heterocycles. The molecule has 1 aliphatic carbocycles. The van der Waals surface area contributed by atoms with Crippen LogP contribution in [0.4, 0.5) is 0 Å². The SMILES string of the molecule is O=C(NC1CC1)[C@@H]1C[C@@H]2CCN(Cc3ccsc3)C[C@H]2O1. The zero-order chi connectivity index (χ0) is 14.2. The van der Waals surface area contributed by atoms with Gasteiger partial charge in [-0.25, -0.2) is 0 Å². The Kier molecular flexibility index (Phi) is 3.73. The highest BCUT2D eigenvalue weighted by molar-refractivity contribution is 7.07. The third kappa shape index (κ3) is 3.15. The van der Waals surface area contributed by atoms with Gasteiger partial charge < -0.3 is 10.1 Å². The number of fused-ring (bicyclic) bond motifs is 1. The van der Waals surface area contributed by atoms with Crippen LogP contribution in [0.5, 0.6) is 0 Å². The molecule has 0 radical (unpaired) electrons. The lowest BCUT2D eigenvalue weighted by Gasteiger charge is -2.33. The van der Waals surface area contributed by atoms with Crippen molar-refractivity contribution in [1.29, 1.82) is 0 Å². The Morgan fingerprint density at radius 2 is 2.33 bits per heavy atom. The van der Waals surface area contributed by atoms with Crippen molar-refractivity contribution in [2.24, 2.45) is 5.92 Å². The number of carbonyl (C=O) groups excluding carboxylic acids is 1. The van der Waals surface area contributed by atoms with Crippen LogP contribution < -0.4 is 5.32 Å². The van der Waals surface area contributed by atoms with E-state index in [0.717, 1.165) is 45.3 Å². The molecule has 1 amide bonds. The smallest absolute Gasteiger partial charge is 0.249 e. The van der Waals surface area contributed by atoms with Gasteiger partial charge in [-0.05, 0) is 60.5 Å². The monoisotopic (exact) mass is 306 g/mol. The van der Waals surface area contributed by atoms with Gasteiger partial charge in [0, 0.05) is 19.1 Å². The van der Waals surface area contributed by atoms with Gasteiger partial charge in [-0.15, -0.1) is 0 Å². The maximum absolute atomic E-state index is 12.1. The zero-order valence-corrected chi connectivity index (χ0v) is 13.0. The molecule has 4 rings (SSSR count). The lowest BCUT2D eigenvalue weighted by Crippen LogP contribution is -2.42. The van der Waals surface area contributed by atoms with Gasteiger partial charge in [0.05, 0.1) is 6.10 Å². The van der Waals surface area contributed by atoms with Crippen LogP contribution in [0.2, 0.25) is 0 Å². The number of hydrogen-bond acceptors (Lipinski definition) is 4. The van der Waals surface area contributed by atoms with Crippen LogP contribution in [0.3, 0.4) is 0 Å². The first kappa shape index (κ1) is 13.7. The fourth-order valence-electron chi connectivity index (χ4n) is 3.47. The minimum Gasteiger partial charge on any atom is -0.364 e. The predicted molar refractivity (Wildman–Crippen MR) is 82.1 cm³/mol. The first-order valence-corrected chi connectivity index (χ1v) is 8.91. The number of nitrogens with one attached hydrogen (secondary N) is 1. The van der Waals surface area contributed by atoms with Crippen molar-refractivity contribution in [3.05, 3.63) is 22.4 Å². The number of thiophene rings is 1. The highest BCUT2D eigenvalue weighted by Gasteiger charge is 2.42. The summed E-state index contributed by atoms with van der Waals surface area (Å²) in [5, 5.41) is 7.42. The second-order valence-corrected chi connectivity index (χ2v) is 7.38. The van der Waals surface area contributed by atoms with E-state index in [1.807, 2.05) is 0 Å². The van der Waals surface area contributed by atoms with Crippen molar-refractivity contribution in [2.75, 3.05) is 13.1 Å². The average molecular weight is 306 g/mol. The zero-order valence-electron chi connectivity index (χ0n) is 12.2. The molecule has 3 fully saturated rings. The molecule has 1 aromatic heterocycles. The summed E-state index contributed by atoms with van der Waals surface area (Å²) < 4.78 is 6.05. The molecule has 1 saturated carbocycles. The Labute approximate surface area is 129 Å². The number of amides is 1. The van der Waals surface area contributed by atoms with Crippen LogP contribution >= 0.6 is 11.3 Å². The molecule has 2 aliphatic heterocycles. The highest BCUT2D eigenvalue weighted by atomic mass is 32.1. The van der Waals surface area contributed by atoms with E-state index in [1.54, 1.807) is 11.3 Å². The van der Waals surface area contributed by atoms with Crippen LogP contribution in [-0.2, 0) is 16.1 Å². The van der Waals surface area contributed by atoms with Crippen LogP contribution in [0.1, 0.15) is 31.2 Å². The molecule has 114 valence electrons. The van der Waals surface area contributed by atoms with E-state index in [0.29, 0.717) is 12.0 Å². The van der Waals surface area contributed by atoms with Crippen molar-refractivity contribution in [3.8, 4) is 0 Å².